The largest absolute Gasteiger partial charge is 0.302 e. The summed E-state index contributed by atoms with van der Waals surface area (Å²) < 4.78 is 13.0. The number of halogens is 1. The second-order valence-corrected chi connectivity index (χ2v) is 7.08. The summed E-state index contributed by atoms with van der Waals surface area (Å²) in [5.74, 6) is -0.180. The predicted octanol–water partition coefficient (Wildman–Crippen LogP) is 4.94. The quantitative estimate of drug-likeness (QED) is 0.698. The molecule has 138 valence electrons. The minimum absolute atomic E-state index is 0.180. The Bertz CT molecular complexity index is 887. The molecule has 1 aliphatic heterocycles. The fraction of sp³-hybridized carbons (Fsp3) is 0.261. The number of benzene rings is 2. The first-order chi connectivity index (χ1) is 13.3. The van der Waals surface area contributed by atoms with Gasteiger partial charge >= 0.3 is 0 Å². The molecule has 1 N–H and O–H groups in total. The lowest BCUT2D eigenvalue weighted by molar-refractivity contribution is 0.260. The number of hydrogen-bond donors (Lipinski definition) is 1. The standard InChI is InChI=1S/C23H24FN3/c24-22-8-6-18(7-9-22)16-19-10-13-27(14-11-19)15-12-21-17-25-26-23(21)20-4-2-1-3-5-20/h1-9,16-17H,10-15H2,(H,25,26). The molecule has 0 saturated carbocycles. The second kappa shape index (κ2) is 8.31. The molecule has 0 atom stereocenters. The molecule has 4 rings (SSSR count). The van der Waals surface area contributed by atoms with Crippen LogP contribution >= 0.6 is 0 Å². The maximum Gasteiger partial charge on any atom is 0.123 e. The van der Waals surface area contributed by atoms with Crippen molar-refractivity contribution in [3.8, 4) is 11.3 Å². The molecule has 2 aromatic carbocycles. The smallest absolute Gasteiger partial charge is 0.123 e. The van der Waals surface area contributed by atoms with Crippen LogP contribution < -0.4 is 0 Å². The van der Waals surface area contributed by atoms with Gasteiger partial charge in [-0.2, -0.15) is 5.10 Å². The van der Waals surface area contributed by atoms with Crippen LogP contribution in [0.1, 0.15) is 24.0 Å². The highest BCUT2D eigenvalue weighted by molar-refractivity contribution is 5.62. The van der Waals surface area contributed by atoms with Crippen molar-refractivity contribution in [3.05, 3.63) is 83.3 Å². The zero-order valence-electron chi connectivity index (χ0n) is 15.4. The first-order valence-electron chi connectivity index (χ1n) is 9.53. The van der Waals surface area contributed by atoms with Gasteiger partial charge in [-0.15, -0.1) is 0 Å². The normalized spacial score (nSPS) is 15.1. The van der Waals surface area contributed by atoms with Gasteiger partial charge in [0.05, 0.1) is 11.9 Å². The monoisotopic (exact) mass is 361 g/mol. The van der Waals surface area contributed by atoms with Crippen molar-refractivity contribution in [2.24, 2.45) is 0 Å². The van der Waals surface area contributed by atoms with E-state index in [0.29, 0.717) is 0 Å². The number of aromatic nitrogens is 2. The van der Waals surface area contributed by atoms with E-state index in [-0.39, 0.29) is 5.82 Å². The summed E-state index contributed by atoms with van der Waals surface area (Å²) in [5, 5.41) is 7.39. The second-order valence-electron chi connectivity index (χ2n) is 7.08. The highest BCUT2D eigenvalue weighted by Gasteiger charge is 2.15. The molecule has 4 heteroatoms. The molecule has 3 nitrogen and oxygen atoms in total. The number of hydrogen-bond acceptors (Lipinski definition) is 2. The topological polar surface area (TPSA) is 31.9 Å². The highest BCUT2D eigenvalue weighted by Crippen LogP contribution is 2.23. The summed E-state index contributed by atoms with van der Waals surface area (Å²) in [5.41, 5.74) is 6.13. The Morgan fingerprint density at radius 2 is 1.74 bits per heavy atom. The van der Waals surface area contributed by atoms with Crippen LogP contribution in [-0.2, 0) is 6.42 Å². The van der Waals surface area contributed by atoms with Crippen LogP contribution in [0.25, 0.3) is 17.3 Å². The third-order valence-electron chi connectivity index (χ3n) is 5.22. The van der Waals surface area contributed by atoms with Gasteiger partial charge in [0.25, 0.3) is 0 Å². The van der Waals surface area contributed by atoms with Crippen LogP contribution in [0.3, 0.4) is 0 Å². The van der Waals surface area contributed by atoms with Crippen molar-refractivity contribution in [1.82, 2.24) is 15.1 Å². The van der Waals surface area contributed by atoms with Crippen molar-refractivity contribution in [2.75, 3.05) is 19.6 Å². The molecule has 1 fully saturated rings. The third-order valence-corrected chi connectivity index (χ3v) is 5.22. The van der Waals surface area contributed by atoms with E-state index in [9.17, 15) is 4.39 Å². The molecule has 1 aliphatic rings. The summed E-state index contributed by atoms with van der Waals surface area (Å²) in [6.07, 6.45) is 7.31. The van der Waals surface area contributed by atoms with E-state index in [2.05, 4.69) is 45.4 Å². The molecule has 27 heavy (non-hydrogen) atoms. The SMILES string of the molecule is Fc1ccc(C=C2CCN(CCc3cn[nH]c3-c3ccccc3)CC2)cc1. The maximum absolute atomic E-state index is 13.0. The van der Waals surface area contributed by atoms with Crippen LogP contribution in [0.4, 0.5) is 4.39 Å². The maximum atomic E-state index is 13.0. The van der Waals surface area contributed by atoms with Gasteiger partial charge in [-0.05, 0) is 48.1 Å². The van der Waals surface area contributed by atoms with E-state index in [1.165, 1.54) is 28.8 Å². The van der Waals surface area contributed by atoms with Gasteiger partial charge in [0.15, 0.2) is 0 Å². The third kappa shape index (κ3) is 4.52. The summed E-state index contributed by atoms with van der Waals surface area (Å²) in [4.78, 5) is 2.52. The summed E-state index contributed by atoms with van der Waals surface area (Å²) in [6, 6.07) is 17.1. The molecule has 0 radical (unpaired) electrons. The van der Waals surface area contributed by atoms with Crippen molar-refractivity contribution < 1.29 is 4.39 Å². The molecule has 0 bridgehead atoms. The van der Waals surface area contributed by atoms with Gasteiger partial charge in [0.2, 0.25) is 0 Å². The van der Waals surface area contributed by atoms with E-state index in [0.717, 1.165) is 50.2 Å². The number of piperidine rings is 1. The van der Waals surface area contributed by atoms with Gasteiger partial charge in [0.1, 0.15) is 5.82 Å². The van der Waals surface area contributed by atoms with Crippen LogP contribution in [0, 0.1) is 5.82 Å². The molecule has 3 aromatic rings. The van der Waals surface area contributed by atoms with E-state index in [4.69, 9.17) is 0 Å². The van der Waals surface area contributed by atoms with Crippen LogP contribution in [0.15, 0.2) is 66.4 Å². The van der Waals surface area contributed by atoms with Gasteiger partial charge in [-0.1, -0.05) is 54.1 Å². The number of H-pyrrole nitrogens is 1. The minimum atomic E-state index is -0.180. The Morgan fingerprint density at radius 3 is 2.48 bits per heavy atom. The number of aromatic amines is 1. The Balaban J connectivity index is 1.32. The molecule has 0 aliphatic carbocycles. The van der Waals surface area contributed by atoms with Crippen LogP contribution in [-0.4, -0.2) is 34.7 Å². The number of likely N-dealkylation sites (tertiary alicyclic amines) is 1. The minimum Gasteiger partial charge on any atom is -0.302 e. The fourth-order valence-electron chi connectivity index (χ4n) is 3.64. The summed E-state index contributed by atoms with van der Waals surface area (Å²) in [6.45, 7) is 3.19. The van der Waals surface area contributed by atoms with Crippen LogP contribution in [0.5, 0.6) is 0 Å². The van der Waals surface area contributed by atoms with Gasteiger partial charge in [-0.3, -0.25) is 5.10 Å². The van der Waals surface area contributed by atoms with Crippen molar-refractivity contribution in [3.63, 3.8) is 0 Å². The van der Waals surface area contributed by atoms with Crippen molar-refractivity contribution >= 4 is 6.08 Å². The number of nitrogens with one attached hydrogen (secondary N) is 1. The van der Waals surface area contributed by atoms with Gasteiger partial charge in [0, 0.05) is 19.6 Å². The number of nitrogens with zero attached hydrogens (tertiary/aromatic N) is 2. The van der Waals surface area contributed by atoms with E-state index < -0.39 is 0 Å². The molecule has 1 aromatic heterocycles. The molecule has 0 amide bonds. The predicted molar refractivity (Wildman–Crippen MR) is 108 cm³/mol. The van der Waals surface area contributed by atoms with E-state index in [1.807, 2.05) is 24.4 Å². The average Bonchev–Trinajstić information content (AvgIpc) is 3.19. The summed E-state index contributed by atoms with van der Waals surface area (Å²) in [7, 11) is 0. The molecule has 0 spiro atoms. The molecule has 2 heterocycles. The van der Waals surface area contributed by atoms with Gasteiger partial charge in [-0.25, -0.2) is 4.39 Å². The molecule has 0 unspecified atom stereocenters. The Kier molecular flexibility index (Phi) is 5.45. The molecular formula is C23H24FN3. The van der Waals surface area contributed by atoms with E-state index >= 15 is 0 Å². The number of rotatable bonds is 5. The zero-order valence-corrected chi connectivity index (χ0v) is 15.4. The Morgan fingerprint density at radius 1 is 1.00 bits per heavy atom. The lowest BCUT2D eigenvalue weighted by atomic mass is 10.00. The fourth-order valence-corrected chi connectivity index (χ4v) is 3.64. The van der Waals surface area contributed by atoms with Gasteiger partial charge < -0.3 is 4.90 Å². The Labute approximate surface area is 159 Å². The van der Waals surface area contributed by atoms with Crippen molar-refractivity contribution in [2.45, 2.75) is 19.3 Å². The average molecular weight is 361 g/mol. The summed E-state index contributed by atoms with van der Waals surface area (Å²) >= 11 is 0. The first kappa shape index (κ1) is 17.7. The lowest BCUT2D eigenvalue weighted by Gasteiger charge is -2.28. The molecule has 1 saturated heterocycles. The molecular weight excluding hydrogens is 337 g/mol. The Hall–Kier alpha value is -2.72. The first-order valence-corrected chi connectivity index (χ1v) is 9.53. The van der Waals surface area contributed by atoms with E-state index in [1.54, 1.807) is 0 Å². The van der Waals surface area contributed by atoms with Crippen molar-refractivity contribution in [1.29, 1.82) is 0 Å². The zero-order chi connectivity index (χ0) is 18.5. The van der Waals surface area contributed by atoms with Crippen LogP contribution in [0.2, 0.25) is 0 Å². The lowest BCUT2D eigenvalue weighted by Crippen LogP contribution is -2.32. The highest BCUT2D eigenvalue weighted by atomic mass is 19.1.